The highest BCUT2D eigenvalue weighted by Crippen LogP contribution is 2.19. The molecule has 8 nitrogen and oxygen atoms in total. The number of H-pyrrole nitrogens is 1. The van der Waals surface area contributed by atoms with E-state index in [1.165, 1.54) is 13.8 Å². The second-order valence-electron chi connectivity index (χ2n) is 7.76. The minimum Gasteiger partial charge on any atom is -0.355 e. The Morgan fingerprint density at radius 1 is 1.00 bits per heavy atom. The lowest BCUT2D eigenvalue weighted by atomic mass is 10.0. The monoisotopic (exact) mass is 427 g/mol. The molecule has 1 unspecified atom stereocenters. The molecule has 0 saturated carbocycles. The Kier molecular flexibility index (Phi) is 7.88. The molecule has 31 heavy (non-hydrogen) atoms. The zero-order valence-corrected chi connectivity index (χ0v) is 18.9. The van der Waals surface area contributed by atoms with Crippen LogP contribution in [0.3, 0.4) is 0 Å². The molecule has 1 heterocycles. The third kappa shape index (κ3) is 5.88. The molecule has 0 aliphatic carbocycles. The lowest BCUT2D eigenvalue weighted by Gasteiger charge is -2.23. The van der Waals surface area contributed by atoms with E-state index in [-0.39, 0.29) is 29.9 Å². The number of amides is 2. The van der Waals surface area contributed by atoms with Gasteiger partial charge < -0.3 is 20.5 Å². The highest BCUT2D eigenvalue weighted by molar-refractivity contribution is 6.04. The van der Waals surface area contributed by atoms with Gasteiger partial charge in [0.1, 0.15) is 0 Å². The maximum atomic E-state index is 13.1. The predicted octanol–water partition coefficient (Wildman–Crippen LogP) is 1.91. The molecule has 8 heteroatoms. The minimum absolute atomic E-state index is 0.0819. The van der Waals surface area contributed by atoms with Gasteiger partial charge in [-0.2, -0.15) is 0 Å². The Labute approximate surface area is 182 Å². The van der Waals surface area contributed by atoms with E-state index in [0.29, 0.717) is 40.4 Å². The van der Waals surface area contributed by atoms with Crippen molar-refractivity contribution in [3.05, 3.63) is 46.8 Å². The molecule has 0 aliphatic rings. The van der Waals surface area contributed by atoms with Gasteiger partial charge in [0.15, 0.2) is 18.4 Å². The van der Waals surface area contributed by atoms with E-state index in [1.807, 2.05) is 6.92 Å². The summed E-state index contributed by atoms with van der Waals surface area (Å²) in [6.45, 7) is 10.9. The van der Waals surface area contributed by atoms with E-state index in [9.17, 15) is 19.2 Å². The lowest BCUT2D eigenvalue weighted by Crippen LogP contribution is -3.17. The van der Waals surface area contributed by atoms with E-state index >= 15 is 0 Å². The molecule has 0 spiro atoms. The average molecular weight is 428 g/mol. The van der Waals surface area contributed by atoms with Gasteiger partial charge in [-0.05, 0) is 64.4 Å². The van der Waals surface area contributed by atoms with Crippen LogP contribution in [-0.2, 0) is 9.59 Å². The number of rotatable bonds is 9. The molecule has 1 aromatic heterocycles. The Morgan fingerprint density at radius 3 is 2.00 bits per heavy atom. The summed E-state index contributed by atoms with van der Waals surface area (Å²) in [5.74, 6) is -0.591. The van der Waals surface area contributed by atoms with Crippen molar-refractivity contribution in [3.8, 4) is 0 Å². The van der Waals surface area contributed by atoms with Crippen molar-refractivity contribution in [2.75, 3.05) is 23.7 Å². The number of hydrogen-bond donors (Lipinski definition) is 4. The van der Waals surface area contributed by atoms with Crippen LogP contribution in [0, 0.1) is 13.8 Å². The summed E-state index contributed by atoms with van der Waals surface area (Å²) in [5, 5.41) is 5.49. The second-order valence-corrected chi connectivity index (χ2v) is 7.76. The van der Waals surface area contributed by atoms with Crippen molar-refractivity contribution in [1.82, 2.24) is 4.98 Å². The van der Waals surface area contributed by atoms with Crippen LogP contribution in [0.4, 0.5) is 11.4 Å². The molecule has 0 radical (unpaired) electrons. The number of nitrogens with one attached hydrogen (secondary N) is 4. The molecule has 0 aliphatic heterocycles. The van der Waals surface area contributed by atoms with Gasteiger partial charge in [-0.1, -0.05) is 0 Å². The van der Waals surface area contributed by atoms with Gasteiger partial charge in [0.05, 0.1) is 12.2 Å². The predicted molar refractivity (Wildman–Crippen MR) is 120 cm³/mol. The van der Waals surface area contributed by atoms with Gasteiger partial charge in [0.25, 0.3) is 5.91 Å². The number of Topliss-reactive ketones (excluding diaryl/α,β-unsaturated/α-hetero) is 2. The summed E-state index contributed by atoms with van der Waals surface area (Å²) in [4.78, 5) is 52.5. The van der Waals surface area contributed by atoms with E-state index < -0.39 is 6.04 Å². The summed E-state index contributed by atoms with van der Waals surface area (Å²) in [6.07, 6.45) is 0. The molecule has 2 rings (SSSR count). The summed E-state index contributed by atoms with van der Waals surface area (Å²) < 4.78 is 0. The van der Waals surface area contributed by atoms with Gasteiger partial charge in [-0.25, -0.2) is 0 Å². The SMILES string of the molecule is CC[NH+](CC(=O)Nc1ccc(NC(C)=O)cc1)[C@H](C)C(=O)c1[nH]c(C)c(C(C)=O)c1C. The average Bonchev–Trinajstić information content (AvgIpc) is 3.00. The summed E-state index contributed by atoms with van der Waals surface area (Å²) in [6, 6.07) is 6.36. The Morgan fingerprint density at radius 2 is 1.55 bits per heavy atom. The fourth-order valence-corrected chi connectivity index (χ4v) is 3.76. The number of aromatic amines is 1. The van der Waals surface area contributed by atoms with Crippen molar-refractivity contribution < 1.29 is 24.1 Å². The molecule has 4 N–H and O–H groups in total. The summed E-state index contributed by atoms with van der Waals surface area (Å²) in [5.41, 5.74) is 3.56. The molecule has 1 aromatic carbocycles. The Hall–Kier alpha value is -3.26. The summed E-state index contributed by atoms with van der Waals surface area (Å²) in [7, 11) is 0. The van der Waals surface area contributed by atoms with Gasteiger partial charge in [-0.15, -0.1) is 0 Å². The molecule has 2 aromatic rings. The van der Waals surface area contributed by atoms with Crippen LogP contribution in [0.1, 0.15) is 59.8 Å². The van der Waals surface area contributed by atoms with Crippen LogP contribution in [-0.4, -0.2) is 47.5 Å². The third-order valence-electron chi connectivity index (χ3n) is 5.37. The molecular weight excluding hydrogens is 396 g/mol. The fourth-order valence-electron chi connectivity index (χ4n) is 3.76. The first-order valence-electron chi connectivity index (χ1n) is 10.3. The van der Waals surface area contributed by atoms with E-state index in [1.54, 1.807) is 45.0 Å². The maximum Gasteiger partial charge on any atom is 0.279 e. The first-order chi connectivity index (χ1) is 14.5. The standard InChI is InChI=1S/C23H30N4O4/c1-7-27(12-20(30)26-19-10-8-18(9-11-19)25-17(6)29)15(4)23(31)22-13(2)21(16(5)28)14(3)24-22/h8-11,15,24H,7,12H2,1-6H3,(H,25,29)(H,26,30)/p+1/t15-/m1/s1. The maximum absolute atomic E-state index is 13.1. The normalized spacial score (nSPS) is 12.7. The van der Waals surface area contributed by atoms with Gasteiger partial charge >= 0.3 is 0 Å². The van der Waals surface area contributed by atoms with Crippen molar-refractivity contribution in [2.24, 2.45) is 0 Å². The molecular formula is C23H31N4O4+. The van der Waals surface area contributed by atoms with Crippen LogP contribution in [0.5, 0.6) is 0 Å². The topological polar surface area (TPSA) is 113 Å². The van der Waals surface area contributed by atoms with E-state index in [0.717, 1.165) is 4.90 Å². The van der Waals surface area contributed by atoms with Gasteiger partial charge in [0.2, 0.25) is 11.7 Å². The Bertz CT molecular complexity index is 992. The highest BCUT2D eigenvalue weighted by Gasteiger charge is 2.30. The highest BCUT2D eigenvalue weighted by atomic mass is 16.2. The number of benzene rings is 1. The van der Waals surface area contributed by atoms with Crippen molar-refractivity contribution in [1.29, 1.82) is 0 Å². The quantitative estimate of drug-likeness (QED) is 0.458. The van der Waals surface area contributed by atoms with Crippen LogP contribution >= 0.6 is 0 Å². The molecule has 2 atom stereocenters. The zero-order chi connectivity index (χ0) is 23.3. The second kappa shape index (κ2) is 10.2. The van der Waals surface area contributed by atoms with Gasteiger partial charge in [-0.3, -0.25) is 19.2 Å². The van der Waals surface area contributed by atoms with Crippen LogP contribution in [0.25, 0.3) is 0 Å². The number of anilines is 2. The van der Waals surface area contributed by atoms with Crippen molar-refractivity contribution in [3.63, 3.8) is 0 Å². The molecule has 0 fully saturated rings. The third-order valence-corrected chi connectivity index (χ3v) is 5.37. The summed E-state index contributed by atoms with van der Waals surface area (Å²) >= 11 is 0. The van der Waals surface area contributed by atoms with Crippen LogP contribution < -0.4 is 15.5 Å². The number of carbonyl (C=O) groups excluding carboxylic acids is 4. The number of aromatic nitrogens is 1. The number of ketones is 2. The van der Waals surface area contributed by atoms with Crippen molar-refractivity contribution in [2.45, 2.75) is 47.6 Å². The molecule has 0 bridgehead atoms. The first kappa shape index (κ1) is 24.0. The number of carbonyl (C=O) groups is 4. The van der Waals surface area contributed by atoms with Crippen molar-refractivity contribution >= 4 is 34.8 Å². The smallest absolute Gasteiger partial charge is 0.279 e. The number of aryl methyl sites for hydroxylation is 1. The van der Waals surface area contributed by atoms with E-state index in [4.69, 9.17) is 0 Å². The largest absolute Gasteiger partial charge is 0.355 e. The molecule has 166 valence electrons. The first-order valence-corrected chi connectivity index (χ1v) is 10.3. The minimum atomic E-state index is -0.463. The fraction of sp³-hybridized carbons (Fsp3) is 0.391. The zero-order valence-electron chi connectivity index (χ0n) is 18.9. The molecule has 2 amide bonds. The van der Waals surface area contributed by atoms with Crippen LogP contribution in [0.15, 0.2) is 24.3 Å². The number of quaternary nitrogens is 1. The number of hydrogen-bond acceptors (Lipinski definition) is 4. The lowest BCUT2D eigenvalue weighted by molar-refractivity contribution is -0.903. The Balaban J connectivity index is 2.07. The van der Waals surface area contributed by atoms with Crippen LogP contribution in [0.2, 0.25) is 0 Å². The van der Waals surface area contributed by atoms with E-state index in [2.05, 4.69) is 15.6 Å². The number of likely N-dealkylation sites (N-methyl/N-ethyl adjacent to an activating group) is 1. The van der Waals surface area contributed by atoms with Gasteiger partial charge in [0, 0.05) is 29.6 Å². The molecule has 0 saturated heterocycles.